The highest BCUT2D eigenvalue weighted by atomic mass is 32.1. The average Bonchev–Trinajstić information content (AvgIpc) is 3.86. The van der Waals surface area contributed by atoms with Crippen LogP contribution in [-0.4, -0.2) is 4.57 Å². The molecule has 0 aliphatic carbocycles. The fraction of sp³-hybridized carbons (Fsp3) is 0. The number of fused-ring (bicyclic) bond motifs is 9. The predicted octanol–water partition coefficient (Wildman–Crippen LogP) is 16.3. The molecule has 0 aliphatic rings. The van der Waals surface area contributed by atoms with Gasteiger partial charge in [-0.15, -0.1) is 11.3 Å². The van der Waals surface area contributed by atoms with Crippen molar-refractivity contribution in [2.45, 2.75) is 0 Å². The predicted molar refractivity (Wildman–Crippen MR) is 254 cm³/mol. The molecule has 59 heavy (non-hydrogen) atoms. The van der Waals surface area contributed by atoms with Crippen molar-refractivity contribution >= 4 is 91.9 Å². The first-order valence-electron chi connectivity index (χ1n) is 20.2. The number of thiophene rings is 1. The van der Waals surface area contributed by atoms with Crippen LogP contribution in [0.1, 0.15) is 0 Å². The molecule has 0 fully saturated rings. The van der Waals surface area contributed by atoms with Gasteiger partial charge in [0.1, 0.15) is 0 Å². The molecule has 12 rings (SSSR count). The van der Waals surface area contributed by atoms with Gasteiger partial charge in [0, 0.05) is 48.0 Å². The van der Waals surface area contributed by atoms with Crippen LogP contribution in [0.25, 0.3) is 91.5 Å². The van der Waals surface area contributed by atoms with Gasteiger partial charge in [0.15, 0.2) is 0 Å². The molecule has 0 unspecified atom stereocenters. The second-order valence-corrected chi connectivity index (χ2v) is 16.3. The van der Waals surface area contributed by atoms with Crippen LogP contribution in [0.5, 0.6) is 0 Å². The SMILES string of the molecule is c1ccc(-c2cccc3cccc(-c4ccc(N(c5ccc6c7c8ccccc8ccc7n(-c7ccccc7)c6c5)c5cccc6sc7ccccc7c56)cc4)c23)cc1. The van der Waals surface area contributed by atoms with E-state index in [-0.39, 0.29) is 0 Å². The molecule has 276 valence electrons. The van der Waals surface area contributed by atoms with Crippen molar-refractivity contribution in [3.63, 3.8) is 0 Å². The first kappa shape index (κ1) is 33.7. The van der Waals surface area contributed by atoms with E-state index in [1.807, 2.05) is 11.3 Å². The summed E-state index contributed by atoms with van der Waals surface area (Å²) in [4.78, 5) is 2.47. The molecule has 12 aromatic rings. The van der Waals surface area contributed by atoms with Crippen LogP contribution in [0.4, 0.5) is 17.1 Å². The normalized spacial score (nSPS) is 11.7. The van der Waals surface area contributed by atoms with Crippen LogP contribution >= 0.6 is 11.3 Å². The third-order valence-corrected chi connectivity index (χ3v) is 13.1. The Labute approximate surface area is 346 Å². The maximum Gasteiger partial charge on any atom is 0.0562 e. The van der Waals surface area contributed by atoms with E-state index in [1.54, 1.807) is 0 Å². The Bertz CT molecular complexity index is 3540. The summed E-state index contributed by atoms with van der Waals surface area (Å²) in [5, 5.41) is 10.1. The molecular formula is C56H36N2S. The Morgan fingerprint density at radius 2 is 0.983 bits per heavy atom. The van der Waals surface area contributed by atoms with Gasteiger partial charge in [0.25, 0.3) is 0 Å². The number of anilines is 3. The first-order valence-corrected chi connectivity index (χ1v) is 21.0. The average molecular weight is 769 g/mol. The molecule has 0 atom stereocenters. The van der Waals surface area contributed by atoms with Crippen LogP contribution in [0, 0.1) is 0 Å². The van der Waals surface area contributed by atoms with Gasteiger partial charge < -0.3 is 9.47 Å². The lowest BCUT2D eigenvalue weighted by molar-refractivity contribution is 1.18. The summed E-state index contributed by atoms with van der Waals surface area (Å²) in [5.41, 5.74) is 11.8. The highest BCUT2D eigenvalue weighted by Crippen LogP contribution is 2.47. The van der Waals surface area contributed by atoms with Crippen molar-refractivity contribution in [3.05, 3.63) is 218 Å². The molecule has 0 aliphatic heterocycles. The Balaban J connectivity index is 1.10. The molecule has 0 saturated carbocycles. The molecule has 2 heterocycles. The van der Waals surface area contributed by atoms with E-state index in [2.05, 4.69) is 228 Å². The van der Waals surface area contributed by atoms with Gasteiger partial charge in [-0.3, -0.25) is 0 Å². The largest absolute Gasteiger partial charge is 0.310 e. The summed E-state index contributed by atoms with van der Waals surface area (Å²) >= 11 is 1.86. The number of benzene rings is 10. The number of hydrogen-bond donors (Lipinski definition) is 0. The topological polar surface area (TPSA) is 8.17 Å². The van der Waals surface area contributed by atoms with Crippen LogP contribution in [0.3, 0.4) is 0 Å². The molecule has 2 nitrogen and oxygen atoms in total. The highest BCUT2D eigenvalue weighted by Gasteiger charge is 2.22. The molecule has 0 amide bonds. The van der Waals surface area contributed by atoms with Crippen LogP contribution < -0.4 is 4.90 Å². The molecule has 2 aromatic heterocycles. The smallest absolute Gasteiger partial charge is 0.0562 e. The van der Waals surface area contributed by atoms with E-state index in [0.717, 1.165) is 22.7 Å². The van der Waals surface area contributed by atoms with Crippen molar-refractivity contribution < 1.29 is 0 Å². The standard InChI is InChI=1S/C56H36N2S/c1-3-14-37(15-4-1)44-23-11-17-40-18-12-24-45(54(40)44)39-28-31-42(32-29-39)57(49-25-13-27-53-56(49)48-22-9-10-26-52(48)59-53)43-33-34-47-51(36-43)58(41-19-5-2-6-20-41)50-35-30-38-16-7-8-21-46(38)55(47)50/h1-36H. The molecule has 0 radical (unpaired) electrons. The van der Waals surface area contributed by atoms with Crippen molar-refractivity contribution in [2.75, 3.05) is 4.90 Å². The van der Waals surface area contributed by atoms with Crippen molar-refractivity contribution in [2.24, 2.45) is 0 Å². The summed E-state index contributed by atoms with van der Waals surface area (Å²) in [6, 6.07) is 80.0. The third kappa shape index (κ3) is 5.40. The van der Waals surface area contributed by atoms with Gasteiger partial charge in [-0.05, 0) is 104 Å². The quantitative estimate of drug-likeness (QED) is 0.164. The number of para-hydroxylation sites is 1. The van der Waals surface area contributed by atoms with E-state index in [4.69, 9.17) is 0 Å². The van der Waals surface area contributed by atoms with Crippen molar-refractivity contribution in [1.29, 1.82) is 0 Å². The lowest BCUT2D eigenvalue weighted by Crippen LogP contribution is -2.10. The summed E-state index contributed by atoms with van der Waals surface area (Å²) in [6.07, 6.45) is 0. The number of hydrogen-bond acceptors (Lipinski definition) is 2. The van der Waals surface area contributed by atoms with Gasteiger partial charge in [-0.25, -0.2) is 0 Å². The zero-order valence-corrected chi connectivity index (χ0v) is 32.9. The van der Waals surface area contributed by atoms with E-state index in [1.165, 1.54) is 85.8 Å². The van der Waals surface area contributed by atoms with Gasteiger partial charge in [-0.1, -0.05) is 158 Å². The van der Waals surface area contributed by atoms with Crippen LogP contribution in [-0.2, 0) is 0 Å². The second-order valence-electron chi connectivity index (χ2n) is 15.3. The minimum atomic E-state index is 1.10. The summed E-state index contributed by atoms with van der Waals surface area (Å²) in [7, 11) is 0. The van der Waals surface area contributed by atoms with E-state index in [9.17, 15) is 0 Å². The Morgan fingerprint density at radius 1 is 0.356 bits per heavy atom. The number of rotatable bonds is 6. The minimum absolute atomic E-state index is 1.10. The molecule has 0 spiro atoms. The lowest BCUT2D eigenvalue weighted by atomic mass is 9.91. The van der Waals surface area contributed by atoms with Crippen molar-refractivity contribution in [1.82, 2.24) is 4.57 Å². The second kappa shape index (κ2) is 13.6. The summed E-state index contributed by atoms with van der Waals surface area (Å²) < 4.78 is 5.01. The highest BCUT2D eigenvalue weighted by molar-refractivity contribution is 7.26. The third-order valence-electron chi connectivity index (χ3n) is 12.0. The zero-order chi connectivity index (χ0) is 38.9. The van der Waals surface area contributed by atoms with Crippen LogP contribution in [0.15, 0.2) is 218 Å². The fourth-order valence-corrected chi connectivity index (χ4v) is 10.5. The van der Waals surface area contributed by atoms with E-state index in [0.29, 0.717) is 0 Å². The summed E-state index contributed by atoms with van der Waals surface area (Å²) in [5.74, 6) is 0. The maximum absolute atomic E-state index is 2.47. The molecule has 0 saturated heterocycles. The fourth-order valence-electron chi connectivity index (χ4n) is 9.37. The number of nitrogens with zero attached hydrogens (tertiary/aromatic N) is 2. The molecule has 0 bridgehead atoms. The van der Waals surface area contributed by atoms with Crippen molar-refractivity contribution in [3.8, 4) is 27.9 Å². The molecule has 0 N–H and O–H groups in total. The zero-order valence-electron chi connectivity index (χ0n) is 32.1. The molecule has 10 aromatic carbocycles. The number of aromatic nitrogens is 1. The monoisotopic (exact) mass is 768 g/mol. The van der Waals surface area contributed by atoms with E-state index >= 15 is 0 Å². The Hall–Kier alpha value is -7.46. The minimum Gasteiger partial charge on any atom is -0.310 e. The van der Waals surface area contributed by atoms with Gasteiger partial charge in [0.05, 0.1) is 16.7 Å². The first-order chi connectivity index (χ1) is 29.3. The van der Waals surface area contributed by atoms with Crippen LogP contribution in [0.2, 0.25) is 0 Å². The summed E-state index contributed by atoms with van der Waals surface area (Å²) in [6.45, 7) is 0. The Morgan fingerprint density at radius 3 is 1.78 bits per heavy atom. The van der Waals surface area contributed by atoms with E-state index < -0.39 is 0 Å². The Kier molecular flexibility index (Phi) is 7.75. The van der Waals surface area contributed by atoms with Gasteiger partial charge in [-0.2, -0.15) is 0 Å². The lowest BCUT2D eigenvalue weighted by Gasteiger charge is -2.27. The van der Waals surface area contributed by atoms with Gasteiger partial charge in [0.2, 0.25) is 0 Å². The van der Waals surface area contributed by atoms with Gasteiger partial charge >= 0.3 is 0 Å². The molecular weight excluding hydrogens is 733 g/mol. The molecule has 3 heteroatoms. The maximum atomic E-state index is 2.47.